The summed E-state index contributed by atoms with van der Waals surface area (Å²) in [6.45, 7) is 3.73. The first-order valence-electron chi connectivity index (χ1n) is 7.24. The van der Waals surface area contributed by atoms with Crippen molar-refractivity contribution in [2.45, 2.75) is 6.04 Å². The van der Waals surface area contributed by atoms with Crippen LogP contribution in [0.4, 0.5) is 0 Å². The number of fused-ring (bicyclic) bond motifs is 1. The molecule has 3 rings (SSSR count). The lowest BCUT2D eigenvalue weighted by Crippen LogP contribution is -2.44. The molecule has 0 bridgehead atoms. The molecule has 1 N–H and O–H groups in total. The minimum atomic E-state index is -0.168. The number of hydrogen-bond donors (Lipinski definition) is 1. The van der Waals surface area contributed by atoms with E-state index in [0.717, 1.165) is 48.3 Å². The van der Waals surface area contributed by atoms with Crippen molar-refractivity contribution in [3.05, 3.63) is 42.0 Å². The molecule has 21 heavy (non-hydrogen) atoms. The minimum absolute atomic E-state index is 0.168. The zero-order chi connectivity index (χ0) is 14.7. The first kappa shape index (κ1) is 13.9. The lowest BCUT2D eigenvalue weighted by Gasteiger charge is -2.31. The highest BCUT2D eigenvalue weighted by atomic mass is 16.5. The van der Waals surface area contributed by atoms with Gasteiger partial charge in [-0.1, -0.05) is 18.2 Å². The van der Waals surface area contributed by atoms with E-state index in [1.165, 1.54) is 0 Å². The van der Waals surface area contributed by atoms with Gasteiger partial charge in [0.05, 0.1) is 13.2 Å². The molecule has 1 atom stereocenters. The Balaban J connectivity index is 1.93. The molecule has 0 aliphatic carbocycles. The highest BCUT2D eigenvalue weighted by Crippen LogP contribution is 2.27. The fourth-order valence-electron chi connectivity index (χ4n) is 2.85. The molecule has 1 heterocycles. The van der Waals surface area contributed by atoms with E-state index in [1.807, 2.05) is 18.2 Å². The van der Waals surface area contributed by atoms with E-state index >= 15 is 0 Å². The molecule has 0 saturated carbocycles. The number of hydrogen-bond acceptors (Lipinski definition) is 4. The van der Waals surface area contributed by atoms with E-state index in [9.17, 15) is 5.26 Å². The summed E-state index contributed by atoms with van der Waals surface area (Å²) in [5.74, 6) is 0.856. The van der Waals surface area contributed by atoms with E-state index in [-0.39, 0.29) is 6.04 Å². The minimum Gasteiger partial charge on any atom is -0.497 e. The van der Waals surface area contributed by atoms with Crippen LogP contribution in [0.5, 0.6) is 5.75 Å². The molecule has 4 heteroatoms. The van der Waals surface area contributed by atoms with Crippen LogP contribution in [0.1, 0.15) is 11.6 Å². The maximum atomic E-state index is 9.55. The fourth-order valence-corrected chi connectivity index (χ4v) is 2.85. The van der Waals surface area contributed by atoms with Gasteiger partial charge in [0.2, 0.25) is 0 Å². The lowest BCUT2D eigenvalue weighted by atomic mass is 10.0. The summed E-state index contributed by atoms with van der Waals surface area (Å²) in [4.78, 5) is 2.24. The second-order valence-electron chi connectivity index (χ2n) is 5.29. The molecule has 1 saturated heterocycles. The molecule has 2 aromatic carbocycles. The molecule has 0 spiro atoms. The topological polar surface area (TPSA) is 48.3 Å². The van der Waals surface area contributed by atoms with E-state index in [4.69, 9.17) is 4.74 Å². The maximum absolute atomic E-state index is 9.55. The molecule has 108 valence electrons. The molecule has 4 nitrogen and oxygen atoms in total. The van der Waals surface area contributed by atoms with Gasteiger partial charge in [0, 0.05) is 26.2 Å². The smallest absolute Gasteiger partial charge is 0.123 e. The van der Waals surface area contributed by atoms with Gasteiger partial charge in [-0.3, -0.25) is 4.90 Å². The Morgan fingerprint density at radius 2 is 1.86 bits per heavy atom. The van der Waals surface area contributed by atoms with Crippen LogP contribution < -0.4 is 10.1 Å². The molecule has 1 aliphatic rings. The summed E-state index contributed by atoms with van der Waals surface area (Å²) in [5, 5.41) is 15.2. The summed E-state index contributed by atoms with van der Waals surface area (Å²) >= 11 is 0. The fraction of sp³-hybridized carbons (Fsp3) is 0.353. The van der Waals surface area contributed by atoms with Crippen LogP contribution in [-0.2, 0) is 0 Å². The molecule has 0 amide bonds. The molecule has 1 aliphatic heterocycles. The van der Waals surface area contributed by atoms with E-state index < -0.39 is 0 Å². The van der Waals surface area contributed by atoms with Crippen molar-refractivity contribution in [1.82, 2.24) is 10.2 Å². The summed E-state index contributed by atoms with van der Waals surface area (Å²) < 4.78 is 5.25. The van der Waals surface area contributed by atoms with Crippen LogP contribution in [0.15, 0.2) is 36.4 Å². The van der Waals surface area contributed by atoms with Crippen molar-refractivity contribution >= 4 is 10.8 Å². The number of nitriles is 1. The Bertz CT molecular complexity index is 671. The molecule has 1 unspecified atom stereocenters. The maximum Gasteiger partial charge on any atom is 0.123 e. The van der Waals surface area contributed by atoms with Gasteiger partial charge in [0.1, 0.15) is 11.8 Å². The van der Waals surface area contributed by atoms with Crippen molar-refractivity contribution in [3.8, 4) is 11.8 Å². The third-order valence-electron chi connectivity index (χ3n) is 4.03. The summed E-state index contributed by atoms with van der Waals surface area (Å²) in [6, 6.07) is 14.5. The largest absolute Gasteiger partial charge is 0.497 e. The third-order valence-corrected chi connectivity index (χ3v) is 4.03. The van der Waals surface area contributed by atoms with Crippen LogP contribution in [0.3, 0.4) is 0 Å². The summed E-state index contributed by atoms with van der Waals surface area (Å²) in [6.07, 6.45) is 0. The third kappa shape index (κ3) is 2.85. The predicted octanol–water partition coefficient (Wildman–Crippen LogP) is 2.32. The molecule has 0 radical (unpaired) electrons. The standard InChI is InChI=1S/C17H19N3O/c1-21-16-5-4-13-10-15(3-2-14(13)11-16)17(12-18)20-8-6-19-7-9-20/h2-5,10-11,17,19H,6-9H2,1H3. The number of nitrogens with one attached hydrogen (secondary N) is 1. The molecule has 0 aromatic heterocycles. The van der Waals surface area contributed by atoms with Crippen molar-refractivity contribution in [1.29, 1.82) is 5.26 Å². The summed E-state index contributed by atoms with van der Waals surface area (Å²) in [7, 11) is 1.67. The van der Waals surface area contributed by atoms with Gasteiger partial charge in [-0.05, 0) is 34.5 Å². The highest BCUT2D eigenvalue weighted by Gasteiger charge is 2.21. The van der Waals surface area contributed by atoms with E-state index in [0.29, 0.717) is 0 Å². The average molecular weight is 281 g/mol. The monoisotopic (exact) mass is 281 g/mol. The van der Waals surface area contributed by atoms with Crippen LogP contribution >= 0.6 is 0 Å². The number of nitrogens with zero attached hydrogens (tertiary/aromatic N) is 2. The Hall–Kier alpha value is -2.09. The molecular formula is C17H19N3O. The van der Waals surface area contributed by atoms with Crippen LogP contribution in [-0.4, -0.2) is 38.2 Å². The zero-order valence-electron chi connectivity index (χ0n) is 12.2. The van der Waals surface area contributed by atoms with E-state index in [2.05, 4.69) is 34.5 Å². The highest BCUT2D eigenvalue weighted by molar-refractivity contribution is 5.84. The van der Waals surface area contributed by atoms with Crippen LogP contribution in [0.2, 0.25) is 0 Å². The molecule has 1 fully saturated rings. The second kappa shape index (κ2) is 6.13. The van der Waals surface area contributed by atoms with Crippen molar-refractivity contribution in [3.63, 3.8) is 0 Å². The Labute approximate surface area is 124 Å². The van der Waals surface area contributed by atoms with Gasteiger partial charge >= 0.3 is 0 Å². The summed E-state index contributed by atoms with van der Waals surface area (Å²) in [5.41, 5.74) is 1.07. The number of rotatable bonds is 3. The van der Waals surface area contributed by atoms with Gasteiger partial charge in [-0.2, -0.15) is 5.26 Å². The van der Waals surface area contributed by atoms with Gasteiger partial charge in [-0.15, -0.1) is 0 Å². The Kier molecular flexibility index (Phi) is 4.05. The first-order valence-corrected chi connectivity index (χ1v) is 7.24. The van der Waals surface area contributed by atoms with Gasteiger partial charge in [-0.25, -0.2) is 0 Å². The van der Waals surface area contributed by atoms with Gasteiger partial charge < -0.3 is 10.1 Å². The van der Waals surface area contributed by atoms with Crippen LogP contribution in [0.25, 0.3) is 10.8 Å². The lowest BCUT2D eigenvalue weighted by molar-refractivity contribution is 0.207. The second-order valence-corrected chi connectivity index (χ2v) is 5.29. The number of piperazine rings is 1. The molecule has 2 aromatic rings. The Morgan fingerprint density at radius 1 is 1.14 bits per heavy atom. The van der Waals surface area contributed by atoms with Crippen molar-refractivity contribution < 1.29 is 4.74 Å². The van der Waals surface area contributed by atoms with Gasteiger partial charge in [0.25, 0.3) is 0 Å². The average Bonchev–Trinajstić information content (AvgIpc) is 2.56. The predicted molar refractivity (Wildman–Crippen MR) is 83.3 cm³/mol. The van der Waals surface area contributed by atoms with Gasteiger partial charge in [0.15, 0.2) is 0 Å². The molecular weight excluding hydrogens is 262 g/mol. The van der Waals surface area contributed by atoms with E-state index in [1.54, 1.807) is 7.11 Å². The SMILES string of the molecule is COc1ccc2cc(C(C#N)N3CCNCC3)ccc2c1. The van der Waals surface area contributed by atoms with Crippen molar-refractivity contribution in [2.75, 3.05) is 33.3 Å². The van der Waals surface area contributed by atoms with Crippen molar-refractivity contribution in [2.24, 2.45) is 0 Å². The first-order chi connectivity index (χ1) is 10.3. The zero-order valence-corrected chi connectivity index (χ0v) is 12.2. The van der Waals surface area contributed by atoms with Crippen LogP contribution in [0, 0.1) is 11.3 Å². The Morgan fingerprint density at radius 3 is 2.57 bits per heavy atom. The number of ether oxygens (including phenoxy) is 1. The normalized spacial score (nSPS) is 17.3. The number of methoxy groups -OCH3 is 1. The quantitative estimate of drug-likeness (QED) is 0.938. The number of benzene rings is 2.